The van der Waals surface area contributed by atoms with Crippen molar-refractivity contribution >= 4 is 5.91 Å². The van der Waals surface area contributed by atoms with Crippen LogP contribution in [0.25, 0.3) is 0 Å². The molecule has 0 atom stereocenters. The normalized spacial score (nSPS) is 17.5. The van der Waals surface area contributed by atoms with E-state index in [4.69, 9.17) is 4.74 Å². The van der Waals surface area contributed by atoms with Gasteiger partial charge in [-0.3, -0.25) is 9.69 Å². The molecule has 33 heavy (non-hydrogen) atoms. The predicted octanol–water partition coefficient (Wildman–Crippen LogP) is 4.51. The number of likely N-dealkylation sites (N-methyl/N-ethyl adjacent to an activating group) is 1. The summed E-state index contributed by atoms with van der Waals surface area (Å²) in [6.07, 6.45) is 6.92. The van der Waals surface area contributed by atoms with Crippen molar-refractivity contribution in [3.8, 4) is 5.75 Å². The van der Waals surface area contributed by atoms with E-state index in [9.17, 15) is 9.90 Å². The summed E-state index contributed by atoms with van der Waals surface area (Å²) in [4.78, 5) is 17.3. The number of aliphatic hydroxyl groups is 1. The molecular weight excluding hydrogens is 412 g/mol. The van der Waals surface area contributed by atoms with E-state index in [0.717, 1.165) is 43.2 Å². The molecule has 1 heterocycles. The summed E-state index contributed by atoms with van der Waals surface area (Å²) in [6.45, 7) is 6.93. The lowest BCUT2D eigenvalue weighted by Gasteiger charge is -2.23. The number of carbonyl (C=O) groups is 1. The number of amides is 1. The Morgan fingerprint density at radius 1 is 1.12 bits per heavy atom. The maximum atomic E-state index is 13.0. The van der Waals surface area contributed by atoms with Gasteiger partial charge in [-0.2, -0.15) is 0 Å². The van der Waals surface area contributed by atoms with Gasteiger partial charge in [-0.05, 0) is 86.4 Å². The highest BCUT2D eigenvalue weighted by molar-refractivity contribution is 5.94. The Kier molecular flexibility index (Phi) is 8.40. The Balaban J connectivity index is 1.59. The zero-order chi connectivity index (χ0) is 23.0. The van der Waals surface area contributed by atoms with E-state index in [2.05, 4.69) is 29.2 Å². The molecule has 5 nitrogen and oxygen atoms in total. The molecule has 1 aliphatic heterocycles. The first-order valence-corrected chi connectivity index (χ1v) is 12.6. The van der Waals surface area contributed by atoms with E-state index in [1.54, 1.807) is 4.90 Å². The summed E-state index contributed by atoms with van der Waals surface area (Å²) in [5.74, 6) is 1.72. The number of rotatable bonds is 6. The third-order valence-corrected chi connectivity index (χ3v) is 6.73. The van der Waals surface area contributed by atoms with Crippen LogP contribution >= 0.6 is 0 Å². The third kappa shape index (κ3) is 6.81. The van der Waals surface area contributed by atoms with Crippen LogP contribution in [0.4, 0.5) is 0 Å². The van der Waals surface area contributed by atoms with Crippen molar-refractivity contribution in [3.05, 3.63) is 64.7 Å². The van der Waals surface area contributed by atoms with E-state index < -0.39 is 0 Å². The molecule has 0 saturated heterocycles. The Hall–Kier alpha value is -2.37. The summed E-state index contributed by atoms with van der Waals surface area (Å²) in [5.41, 5.74) is 4.30. The number of hydrogen-bond acceptors (Lipinski definition) is 4. The molecule has 2 bridgehead atoms. The highest BCUT2D eigenvalue weighted by Gasteiger charge is 2.24. The van der Waals surface area contributed by atoms with Crippen LogP contribution in [0, 0.1) is 5.92 Å². The second-order valence-corrected chi connectivity index (χ2v) is 9.52. The van der Waals surface area contributed by atoms with Gasteiger partial charge in [0, 0.05) is 38.2 Å². The van der Waals surface area contributed by atoms with Crippen molar-refractivity contribution < 1.29 is 14.6 Å². The molecule has 2 aromatic rings. The SMILES string of the molecule is CCN(CCO)C(=O)c1ccc2c(c1)Cc1cccc(c1)CN(CC1CC1)CCCCCO2. The van der Waals surface area contributed by atoms with Gasteiger partial charge in [0.25, 0.3) is 5.91 Å². The predicted molar refractivity (Wildman–Crippen MR) is 132 cm³/mol. The summed E-state index contributed by atoms with van der Waals surface area (Å²) in [5, 5.41) is 9.30. The zero-order valence-electron chi connectivity index (χ0n) is 20.0. The fourth-order valence-electron chi connectivity index (χ4n) is 4.71. The van der Waals surface area contributed by atoms with Crippen LogP contribution in [0.15, 0.2) is 42.5 Å². The van der Waals surface area contributed by atoms with Gasteiger partial charge in [0.15, 0.2) is 0 Å². The summed E-state index contributed by atoms with van der Waals surface area (Å²) in [7, 11) is 0. The van der Waals surface area contributed by atoms with Crippen LogP contribution in [-0.2, 0) is 13.0 Å². The Bertz CT molecular complexity index is 925. The van der Waals surface area contributed by atoms with Crippen molar-refractivity contribution in [3.63, 3.8) is 0 Å². The molecule has 0 unspecified atom stereocenters. The minimum atomic E-state index is -0.0433. The van der Waals surface area contributed by atoms with Gasteiger partial charge in [0.05, 0.1) is 13.2 Å². The summed E-state index contributed by atoms with van der Waals surface area (Å²) >= 11 is 0. The van der Waals surface area contributed by atoms with Crippen LogP contribution in [0.1, 0.15) is 66.1 Å². The molecule has 1 fully saturated rings. The van der Waals surface area contributed by atoms with Crippen molar-refractivity contribution in [1.29, 1.82) is 0 Å². The quantitative estimate of drug-likeness (QED) is 0.704. The van der Waals surface area contributed by atoms with Crippen molar-refractivity contribution in [1.82, 2.24) is 9.80 Å². The lowest BCUT2D eigenvalue weighted by atomic mass is 9.99. The van der Waals surface area contributed by atoms with E-state index in [-0.39, 0.29) is 12.5 Å². The minimum absolute atomic E-state index is 0.0296. The van der Waals surface area contributed by atoms with E-state index in [0.29, 0.717) is 25.3 Å². The molecule has 5 heteroatoms. The van der Waals surface area contributed by atoms with Crippen molar-refractivity contribution in [2.75, 3.05) is 39.4 Å². The first kappa shape index (κ1) is 23.8. The van der Waals surface area contributed by atoms with Crippen LogP contribution in [-0.4, -0.2) is 60.2 Å². The molecule has 4 rings (SSSR count). The van der Waals surface area contributed by atoms with Crippen molar-refractivity contribution in [2.24, 2.45) is 5.92 Å². The average Bonchev–Trinajstić information content (AvgIpc) is 3.63. The largest absolute Gasteiger partial charge is 0.493 e. The van der Waals surface area contributed by atoms with E-state index in [1.807, 2.05) is 25.1 Å². The Labute approximate surface area is 198 Å². The lowest BCUT2D eigenvalue weighted by molar-refractivity contribution is 0.0732. The third-order valence-electron chi connectivity index (χ3n) is 6.73. The molecule has 0 aromatic heterocycles. The molecule has 2 aromatic carbocycles. The molecule has 0 spiro atoms. The number of hydrogen-bond donors (Lipinski definition) is 1. The van der Waals surface area contributed by atoms with E-state index in [1.165, 1.54) is 43.4 Å². The van der Waals surface area contributed by atoms with Crippen LogP contribution < -0.4 is 4.74 Å². The first-order valence-electron chi connectivity index (χ1n) is 12.6. The maximum Gasteiger partial charge on any atom is 0.253 e. The standard InChI is InChI=1S/C28H38N2O3/c1-2-30(14-15-31)28(32)25-11-12-27-26(19-25)18-23-7-6-8-24(17-23)21-29(20-22-9-10-22)13-4-3-5-16-33-27/h6-8,11-12,17,19,22,31H,2-5,9-10,13-16,18,20-21H2,1H3. The molecule has 0 radical (unpaired) electrons. The number of benzene rings is 2. The summed E-state index contributed by atoms with van der Waals surface area (Å²) < 4.78 is 6.20. The molecule has 2 aliphatic rings. The van der Waals surface area contributed by atoms with Gasteiger partial charge in [-0.25, -0.2) is 0 Å². The minimum Gasteiger partial charge on any atom is -0.493 e. The van der Waals surface area contributed by atoms with E-state index >= 15 is 0 Å². The smallest absolute Gasteiger partial charge is 0.253 e. The van der Waals surface area contributed by atoms with Gasteiger partial charge in [0.2, 0.25) is 0 Å². The van der Waals surface area contributed by atoms with Crippen LogP contribution in [0.5, 0.6) is 5.75 Å². The fraction of sp³-hybridized carbons (Fsp3) is 0.536. The molecule has 1 N–H and O–H groups in total. The molecule has 1 aliphatic carbocycles. The summed E-state index contributed by atoms with van der Waals surface area (Å²) in [6, 6.07) is 14.7. The van der Waals surface area contributed by atoms with Crippen LogP contribution in [0.3, 0.4) is 0 Å². The highest BCUT2D eigenvalue weighted by atomic mass is 16.5. The lowest BCUT2D eigenvalue weighted by Crippen LogP contribution is -2.33. The maximum absolute atomic E-state index is 13.0. The molecule has 178 valence electrons. The zero-order valence-corrected chi connectivity index (χ0v) is 20.0. The Morgan fingerprint density at radius 2 is 1.97 bits per heavy atom. The Morgan fingerprint density at radius 3 is 2.76 bits per heavy atom. The fourth-order valence-corrected chi connectivity index (χ4v) is 4.71. The molecular formula is C28H38N2O3. The number of aliphatic hydroxyl groups excluding tert-OH is 1. The van der Waals surface area contributed by atoms with Crippen LogP contribution in [0.2, 0.25) is 0 Å². The highest BCUT2D eigenvalue weighted by Crippen LogP contribution is 2.31. The second kappa shape index (κ2) is 11.7. The van der Waals surface area contributed by atoms with Gasteiger partial charge >= 0.3 is 0 Å². The first-order chi connectivity index (χ1) is 16.2. The van der Waals surface area contributed by atoms with Crippen molar-refractivity contribution in [2.45, 2.75) is 52.0 Å². The topological polar surface area (TPSA) is 53.0 Å². The monoisotopic (exact) mass is 450 g/mol. The van der Waals surface area contributed by atoms with Gasteiger partial charge in [-0.15, -0.1) is 0 Å². The molecule has 1 saturated carbocycles. The van der Waals surface area contributed by atoms with Gasteiger partial charge < -0.3 is 14.7 Å². The number of ether oxygens (including phenoxy) is 1. The van der Waals surface area contributed by atoms with Gasteiger partial charge in [-0.1, -0.05) is 24.3 Å². The second-order valence-electron chi connectivity index (χ2n) is 9.52. The number of carbonyl (C=O) groups excluding carboxylic acids is 1. The number of nitrogens with zero attached hydrogens (tertiary/aromatic N) is 2. The number of fused-ring (bicyclic) bond motifs is 3. The average molecular weight is 451 g/mol. The van der Waals surface area contributed by atoms with Gasteiger partial charge in [0.1, 0.15) is 5.75 Å². The molecule has 1 amide bonds.